The molecule has 1 heterocycles. The molecule has 0 radical (unpaired) electrons. The molecule has 10 heavy (non-hydrogen) atoms. The first-order valence-electron chi connectivity index (χ1n) is 3.66. The zero-order chi connectivity index (χ0) is 7.23. The Morgan fingerprint density at radius 1 is 1.80 bits per heavy atom. The van der Waals surface area contributed by atoms with Crippen LogP contribution in [0.1, 0.15) is 6.92 Å². The molecule has 1 rings (SSSR count). The third-order valence-electron chi connectivity index (χ3n) is 1.39. The van der Waals surface area contributed by atoms with Crippen LogP contribution >= 0.6 is 0 Å². The highest BCUT2D eigenvalue weighted by molar-refractivity contribution is 5.70. The minimum Gasteiger partial charge on any atom is -0.321 e. The lowest BCUT2D eigenvalue weighted by atomic mass is 10.5. The Kier molecular flexibility index (Phi) is 2.96. The molecule has 0 atom stereocenters. The summed E-state index contributed by atoms with van der Waals surface area (Å²) in [4.78, 5) is 4.22. The van der Waals surface area contributed by atoms with Crippen LogP contribution in [-0.2, 0) is 0 Å². The van der Waals surface area contributed by atoms with E-state index in [1.54, 1.807) is 0 Å². The molecular formula is C7H14N3+. The van der Waals surface area contributed by atoms with E-state index in [0.29, 0.717) is 0 Å². The van der Waals surface area contributed by atoms with Crippen LogP contribution in [-0.4, -0.2) is 25.6 Å². The smallest absolute Gasteiger partial charge is 0.294 e. The molecule has 0 unspecified atom stereocenters. The topological polar surface area (TPSA) is 41.0 Å². The maximum atomic E-state index is 4.22. The number of quaternary nitrogens is 1. The van der Waals surface area contributed by atoms with Crippen molar-refractivity contribution in [3.63, 3.8) is 0 Å². The summed E-state index contributed by atoms with van der Waals surface area (Å²) in [5.41, 5.74) is 0. The Balaban J connectivity index is 2.12. The molecule has 3 heteroatoms. The Labute approximate surface area is 61.2 Å². The van der Waals surface area contributed by atoms with E-state index in [2.05, 4.69) is 21.7 Å². The zero-order valence-corrected chi connectivity index (χ0v) is 6.30. The quantitative estimate of drug-likeness (QED) is 0.479. The first-order chi connectivity index (χ1) is 4.93. The van der Waals surface area contributed by atoms with E-state index in [9.17, 15) is 0 Å². The van der Waals surface area contributed by atoms with Crippen molar-refractivity contribution in [2.24, 2.45) is 4.99 Å². The second-order valence-electron chi connectivity index (χ2n) is 2.21. The van der Waals surface area contributed by atoms with Gasteiger partial charge in [-0.05, 0) is 6.92 Å². The van der Waals surface area contributed by atoms with Crippen LogP contribution < -0.4 is 10.6 Å². The molecule has 0 aromatic heterocycles. The molecule has 0 amide bonds. The van der Waals surface area contributed by atoms with E-state index >= 15 is 0 Å². The number of hydrogen-bond acceptors (Lipinski definition) is 2. The van der Waals surface area contributed by atoms with Crippen molar-refractivity contribution in [2.45, 2.75) is 6.92 Å². The fraction of sp³-hybridized carbons (Fsp3) is 0.571. The fourth-order valence-electron chi connectivity index (χ4n) is 0.860. The fourth-order valence-corrected chi connectivity index (χ4v) is 0.860. The average Bonchev–Trinajstić information content (AvgIpc) is 2.41. The minimum atomic E-state index is 0.895. The first kappa shape index (κ1) is 7.28. The van der Waals surface area contributed by atoms with E-state index in [0.717, 1.165) is 25.6 Å². The van der Waals surface area contributed by atoms with Gasteiger partial charge in [-0.1, -0.05) is 12.2 Å². The van der Waals surface area contributed by atoms with Crippen molar-refractivity contribution < 1.29 is 5.32 Å². The van der Waals surface area contributed by atoms with Gasteiger partial charge in [-0.25, -0.2) is 4.99 Å². The average molecular weight is 140 g/mol. The van der Waals surface area contributed by atoms with Crippen LogP contribution in [0.5, 0.6) is 0 Å². The van der Waals surface area contributed by atoms with Crippen LogP contribution in [0.15, 0.2) is 17.1 Å². The molecule has 0 spiro atoms. The highest BCUT2D eigenvalue weighted by Gasteiger charge is 2.06. The third kappa shape index (κ3) is 2.19. The summed E-state index contributed by atoms with van der Waals surface area (Å²) in [7, 11) is 0. The van der Waals surface area contributed by atoms with Crippen LogP contribution in [0.2, 0.25) is 0 Å². The monoisotopic (exact) mass is 140 g/mol. The molecule has 0 aliphatic carbocycles. The second kappa shape index (κ2) is 4.06. The number of rotatable bonds is 2. The number of nitrogens with zero attached hydrogens (tertiary/aromatic N) is 1. The summed E-state index contributed by atoms with van der Waals surface area (Å²) < 4.78 is 0. The van der Waals surface area contributed by atoms with Gasteiger partial charge < -0.3 is 5.32 Å². The highest BCUT2D eigenvalue weighted by Crippen LogP contribution is 1.72. The molecule has 3 N–H and O–H groups in total. The number of allylic oxidation sites excluding steroid dienone is 1. The molecule has 1 aliphatic rings. The molecule has 56 valence electrons. The van der Waals surface area contributed by atoms with Crippen molar-refractivity contribution in [3.8, 4) is 0 Å². The molecule has 0 aromatic carbocycles. The van der Waals surface area contributed by atoms with Gasteiger partial charge in [0.2, 0.25) is 0 Å². The zero-order valence-electron chi connectivity index (χ0n) is 6.30. The Morgan fingerprint density at radius 2 is 2.70 bits per heavy atom. The SMILES string of the molecule is C/C=C/CNC1=NCC[NH2+]1. The van der Waals surface area contributed by atoms with Gasteiger partial charge in [-0.2, -0.15) is 0 Å². The third-order valence-corrected chi connectivity index (χ3v) is 1.39. The number of aliphatic imine (C=N–C) groups is 1. The van der Waals surface area contributed by atoms with Crippen LogP contribution in [0, 0.1) is 0 Å². The minimum absolute atomic E-state index is 0.895. The van der Waals surface area contributed by atoms with Gasteiger partial charge >= 0.3 is 0 Å². The highest BCUT2D eigenvalue weighted by atomic mass is 15.2. The van der Waals surface area contributed by atoms with Crippen molar-refractivity contribution in [1.82, 2.24) is 5.32 Å². The van der Waals surface area contributed by atoms with Gasteiger partial charge in [0.25, 0.3) is 5.96 Å². The molecule has 0 saturated heterocycles. The number of nitrogens with one attached hydrogen (secondary N) is 1. The first-order valence-corrected chi connectivity index (χ1v) is 3.66. The maximum absolute atomic E-state index is 4.22. The summed E-state index contributed by atoms with van der Waals surface area (Å²) >= 11 is 0. The van der Waals surface area contributed by atoms with Crippen molar-refractivity contribution in [2.75, 3.05) is 19.6 Å². The van der Waals surface area contributed by atoms with E-state index in [1.807, 2.05) is 13.0 Å². The summed E-state index contributed by atoms with van der Waals surface area (Å²) in [5, 5.41) is 5.32. The van der Waals surface area contributed by atoms with Gasteiger partial charge in [-0.15, -0.1) is 0 Å². The normalized spacial score (nSPS) is 17.9. The van der Waals surface area contributed by atoms with Gasteiger partial charge in [0, 0.05) is 6.54 Å². The Hall–Kier alpha value is -0.830. The summed E-state index contributed by atoms with van der Waals surface area (Å²) in [6, 6.07) is 0. The lowest BCUT2D eigenvalue weighted by molar-refractivity contribution is -0.531. The van der Waals surface area contributed by atoms with Crippen LogP contribution in [0.25, 0.3) is 0 Å². The van der Waals surface area contributed by atoms with E-state index in [1.165, 1.54) is 0 Å². The lowest BCUT2D eigenvalue weighted by Crippen LogP contribution is -2.89. The summed E-state index contributed by atoms with van der Waals surface area (Å²) in [6.07, 6.45) is 4.11. The van der Waals surface area contributed by atoms with Crippen LogP contribution in [0.3, 0.4) is 0 Å². The van der Waals surface area contributed by atoms with Gasteiger partial charge in [-0.3, -0.25) is 5.32 Å². The van der Waals surface area contributed by atoms with E-state index in [-0.39, 0.29) is 0 Å². The van der Waals surface area contributed by atoms with Crippen molar-refractivity contribution in [1.29, 1.82) is 0 Å². The summed E-state index contributed by atoms with van der Waals surface area (Å²) in [6.45, 7) is 4.96. The van der Waals surface area contributed by atoms with Gasteiger partial charge in [0.15, 0.2) is 0 Å². The predicted molar refractivity (Wildman–Crippen MR) is 41.9 cm³/mol. The molecule has 1 aliphatic heterocycles. The standard InChI is InChI=1S/C7H13N3/c1-2-3-4-8-7-9-5-6-10-7/h2-3H,4-6H2,1H3,(H2,8,9,10)/p+1/b3-2+. The van der Waals surface area contributed by atoms with Gasteiger partial charge in [0.05, 0.1) is 6.54 Å². The Morgan fingerprint density at radius 3 is 3.30 bits per heavy atom. The molecule has 3 nitrogen and oxygen atoms in total. The van der Waals surface area contributed by atoms with Crippen molar-refractivity contribution >= 4 is 5.96 Å². The molecular weight excluding hydrogens is 126 g/mol. The number of guanidine groups is 1. The predicted octanol–water partition coefficient (Wildman–Crippen LogP) is -0.915. The van der Waals surface area contributed by atoms with E-state index in [4.69, 9.17) is 0 Å². The second-order valence-corrected chi connectivity index (χ2v) is 2.21. The molecule has 0 fully saturated rings. The van der Waals surface area contributed by atoms with Crippen LogP contribution in [0.4, 0.5) is 0 Å². The number of nitrogens with two attached hydrogens (primary N) is 1. The lowest BCUT2D eigenvalue weighted by Gasteiger charge is -1.96. The molecule has 0 aromatic rings. The molecule has 0 saturated carbocycles. The van der Waals surface area contributed by atoms with E-state index < -0.39 is 0 Å². The summed E-state index contributed by atoms with van der Waals surface area (Å²) in [5.74, 6) is 1.05. The maximum Gasteiger partial charge on any atom is 0.294 e. The largest absolute Gasteiger partial charge is 0.321 e. The van der Waals surface area contributed by atoms with Crippen molar-refractivity contribution in [3.05, 3.63) is 12.2 Å². The number of hydrogen-bond donors (Lipinski definition) is 2. The van der Waals surface area contributed by atoms with Gasteiger partial charge in [0.1, 0.15) is 6.54 Å². The Bertz CT molecular complexity index is 149. The molecule has 0 bridgehead atoms.